The number of aromatic amines is 1. The molecule has 1 atom stereocenters. The van der Waals surface area contributed by atoms with Crippen molar-refractivity contribution in [3.8, 4) is 0 Å². The van der Waals surface area contributed by atoms with E-state index in [9.17, 15) is 0 Å². The van der Waals surface area contributed by atoms with Crippen LogP contribution in [-0.4, -0.2) is 51.2 Å². The van der Waals surface area contributed by atoms with Gasteiger partial charge in [0, 0.05) is 30.4 Å². The standard InChI is InChI=1S/C17H25N5S/c1-2-6-21(5-1)9-14-8-16(23-12-14)11-22-7-3-4-15(10-22)17-18-13-19-20-17/h8,12-13,15H,1-7,9-11H2,(H,18,19,20)/t15-/m0/s1. The zero-order valence-corrected chi connectivity index (χ0v) is 14.4. The molecule has 4 heterocycles. The zero-order valence-electron chi connectivity index (χ0n) is 13.6. The molecule has 2 saturated heterocycles. The van der Waals surface area contributed by atoms with Gasteiger partial charge in [0.2, 0.25) is 0 Å². The number of aromatic nitrogens is 3. The molecule has 0 radical (unpaired) electrons. The molecule has 1 N–H and O–H groups in total. The van der Waals surface area contributed by atoms with Gasteiger partial charge in [-0.1, -0.05) is 0 Å². The van der Waals surface area contributed by atoms with Gasteiger partial charge in [0.15, 0.2) is 0 Å². The molecular formula is C17H25N5S. The quantitative estimate of drug-likeness (QED) is 0.915. The van der Waals surface area contributed by atoms with Crippen molar-refractivity contribution in [3.05, 3.63) is 34.0 Å². The van der Waals surface area contributed by atoms with Gasteiger partial charge in [0.1, 0.15) is 12.2 Å². The maximum absolute atomic E-state index is 4.35. The number of rotatable bonds is 5. The predicted molar refractivity (Wildman–Crippen MR) is 92.5 cm³/mol. The molecule has 124 valence electrons. The van der Waals surface area contributed by atoms with Crippen LogP contribution in [0.4, 0.5) is 0 Å². The van der Waals surface area contributed by atoms with Crippen molar-refractivity contribution < 1.29 is 0 Å². The topological polar surface area (TPSA) is 48.1 Å². The van der Waals surface area contributed by atoms with Crippen LogP contribution in [-0.2, 0) is 13.1 Å². The molecule has 5 nitrogen and oxygen atoms in total. The Labute approximate surface area is 141 Å². The molecule has 23 heavy (non-hydrogen) atoms. The van der Waals surface area contributed by atoms with Gasteiger partial charge < -0.3 is 0 Å². The van der Waals surface area contributed by atoms with Crippen LogP contribution in [0, 0.1) is 0 Å². The van der Waals surface area contributed by atoms with E-state index in [1.807, 2.05) is 11.3 Å². The van der Waals surface area contributed by atoms with E-state index < -0.39 is 0 Å². The van der Waals surface area contributed by atoms with E-state index in [2.05, 4.69) is 36.4 Å². The number of likely N-dealkylation sites (tertiary alicyclic amines) is 2. The van der Waals surface area contributed by atoms with E-state index in [1.54, 1.807) is 6.33 Å². The third kappa shape index (κ3) is 3.82. The Morgan fingerprint density at radius 1 is 1.13 bits per heavy atom. The van der Waals surface area contributed by atoms with Gasteiger partial charge in [-0.25, -0.2) is 4.98 Å². The van der Waals surface area contributed by atoms with E-state index in [0.717, 1.165) is 25.5 Å². The maximum Gasteiger partial charge on any atom is 0.137 e. The predicted octanol–water partition coefficient (Wildman–Crippen LogP) is 2.84. The number of hydrogen-bond donors (Lipinski definition) is 1. The van der Waals surface area contributed by atoms with Crippen molar-refractivity contribution in [2.24, 2.45) is 0 Å². The highest BCUT2D eigenvalue weighted by Gasteiger charge is 2.23. The fourth-order valence-corrected chi connectivity index (χ4v) is 4.77. The van der Waals surface area contributed by atoms with Crippen LogP contribution < -0.4 is 0 Å². The number of hydrogen-bond acceptors (Lipinski definition) is 5. The first-order chi connectivity index (χ1) is 11.4. The molecule has 0 amide bonds. The highest BCUT2D eigenvalue weighted by Crippen LogP contribution is 2.27. The Morgan fingerprint density at radius 3 is 2.83 bits per heavy atom. The van der Waals surface area contributed by atoms with Gasteiger partial charge in [0.25, 0.3) is 0 Å². The molecule has 0 bridgehead atoms. The summed E-state index contributed by atoms with van der Waals surface area (Å²) in [7, 11) is 0. The van der Waals surface area contributed by atoms with Gasteiger partial charge >= 0.3 is 0 Å². The molecule has 0 aliphatic carbocycles. The number of H-pyrrole nitrogens is 1. The molecule has 0 saturated carbocycles. The first kappa shape index (κ1) is 15.3. The van der Waals surface area contributed by atoms with Gasteiger partial charge in [-0.2, -0.15) is 5.10 Å². The van der Waals surface area contributed by atoms with Crippen molar-refractivity contribution in [2.75, 3.05) is 26.2 Å². The van der Waals surface area contributed by atoms with Gasteiger partial charge in [-0.15, -0.1) is 11.3 Å². The Balaban J connectivity index is 1.33. The van der Waals surface area contributed by atoms with Gasteiger partial charge in [0.05, 0.1) is 0 Å². The fourth-order valence-electron chi connectivity index (χ4n) is 3.85. The molecule has 2 aromatic rings. The molecule has 2 aliphatic rings. The summed E-state index contributed by atoms with van der Waals surface area (Å²) in [5.41, 5.74) is 1.50. The molecule has 0 aromatic carbocycles. The first-order valence-electron chi connectivity index (χ1n) is 8.73. The molecule has 0 unspecified atom stereocenters. The van der Waals surface area contributed by atoms with Crippen LogP contribution in [0.15, 0.2) is 17.8 Å². The van der Waals surface area contributed by atoms with Crippen LogP contribution >= 0.6 is 11.3 Å². The van der Waals surface area contributed by atoms with Crippen LogP contribution in [0.25, 0.3) is 0 Å². The summed E-state index contributed by atoms with van der Waals surface area (Å²) >= 11 is 1.92. The SMILES string of the molecule is c1n[nH]c([C@H]2CCCN(Cc3cc(CN4CCCC4)cs3)C2)n1. The summed E-state index contributed by atoms with van der Waals surface area (Å²) in [6.45, 7) is 7.05. The lowest BCUT2D eigenvalue weighted by Crippen LogP contribution is -2.34. The second kappa shape index (κ2) is 7.11. The van der Waals surface area contributed by atoms with E-state index >= 15 is 0 Å². The summed E-state index contributed by atoms with van der Waals surface area (Å²) in [5, 5.41) is 9.40. The average molecular weight is 331 g/mol. The monoisotopic (exact) mass is 331 g/mol. The van der Waals surface area contributed by atoms with Crippen LogP contribution in [0.5, 0.6) is 0 Å². The minimum atomic E-state index is 0.510. The van der Waals surface area contributed by atoms with Crippen molar-refractivity contribution in [2.45, 2.75) is 44.7 Å². The third-order valence-corrected chi connectivity index (χ3v) is 5.99. The minimum absolute atomic E-state index is 0.510. The Hall–Kier alpha value is -1.24. The van der Waals surface area contributed by atoms with Crippen LogP contribution in [0.2, 0.25) is 0 Å². The van der Waals surface area contributed by atoms with Gasteiger partial charge in [-0.05, 0) is 62.3 Å². The fraction of sp³-hybridized carbons (Fsp3) is 0.647. The van der Waals surface area contributed by atoms with Crippen molar-refractivity contribution in [1.29, 1.82) is 0 Å². The second-order valence-electron chi connectivity index (χ2n) is 6.85. The largest absolute Gasteiger partial charge is 0.299 e. The first-order valence-corrected chi connectivity index (χ1v) is 9.61. The summed E-state index contributed by atoms with van der Waals surface area (Å²) < 4.78 is 0. The van der Waals surface area contributed by atoms with E-state index in [4.69, 9.17) is 0 Å². The maximum atomic E-state index is 4.35. The van der Waals surface area contributed by atoms with E-state index in [-0.39, 0.29) is 0 Å². The lowest BCUT2D eigenvalue weighted by molar-refractivity contribution is 0.198. The number of piperidine rings is 1. The molecule has 2 aliphatic heterocycles. The minimum Gasteiger partial charge on any atom is -0.299 e. The zero-order chi connectivity index (χ0) is 15.5. The average Bonchev–Trinajstić information content (AvgIpc) is 3.30. The smallest absolute Gasteiger partial charge is 0.137 e. The van der Waals surface area contributed by atoms with Crippen molar-refractivity contribution >= 4 is 11.3 Å². The van der Waals surface area contributed by atoms with Crippen LogP contribution in [0.3, 0.4) is 0 Å². The van der Waals surface area contributed by atoms with E-state index in [0.29, 0.717) is 5.92 Å². The summed E-state index contributed by atoms with van der Waals surface area (Å²) in [5.74, 6) is 1.56. The van der Waals surface area contributed by atoms with Gasteiger partial charge in [-0.3, -0.25) is 14.9 Å². The number of nitrogens with one attached hydrogen (secondary N) is 1. The highest BCUT2D eigenvalue weighted by molar-refractivity contribution is 7.10. The lowest BCUT2D eigenvalue weighted by Gasteiger charge is -2.31. The third-order valence-electron chi connectivity index (χ3n) is 5.02. The van der Waals surface area contributed by atoms with E-state index in [1.165, 1.54) is 55.8 Å². The highest BCUT2D eigenvalue weighted by atomic mass is 32.1. The summed E-state index contributed by atoms with van der Waals surface area (Å²) in [6.07, 6.45) is 6.83. The second-order valence-corrected chi connectivity index (χ2v) is 7.85. The van der Waals surface area contributed by atoms with Crippen molar-refractivity contribution in [3.63, 3.8) is 0 Å². The summed E-state index contributed by atoms with van der Waals surface area (Å²) in [6, 6.07) is 2.42. The Bertz CT molecular complexity index is 602. The molecule has 0 spiro atoms. The summed E-state index contributed by atoms with van der Waals surface area (Å²) in [4.78, 5) is 11.0. The molecule has 2 aromatic heterocycles. The molecule has 4 rings (SSSR count). The molecular weight excluding hydrogens is 306 g/mol. The number of nitrogens with zero attached hydrogens (tertiary/aromatic N) is 4. The van der Waals surface area contributed by atoms with Crippen LogP contribution in [0.1, 0.15) is 47.9 Å². The Morgan fingerprint density at radius 2 is 2.00 bits per heavy atom. The van der Waals surface area contributed by atoms with Crippen molar-refractivity contribution in [1.82, 2.24) is 25.0 Å². The lowest BCUT2D eigenvalue weighted by atomic mass is 9.97. The molecule has 2 fully saturated rings. The Kier molecular flexibility index (Phi) is 4.73. The molecule has 6 heteroatoms. The normalized spacial score (nSPS) is 23.6. The number of thiophene rings is 1.